The molecule has 0 saturated carbocycles. The van der Waals surface area contributed by atoms with Crippen LogP contribution in [0, 0.1) is 5.82 Å². The monoisotopic (exact) mass is 498 g/mol. The number of hydrogen-bond donors (Lipinski definition) is 1. The van der Waals surface area contributed by atoms with Gasteiger partial charge in [0.25, 0.3) is 0 Å². The van der Waals surface area contributed by atoms with E-state index in [0.29, 0.717) is 44.2 Å². The van der Waals surface area contributed by atoms with Crippen molar-refractivity contribution in [3.05, 3.63) is 41.8 Å². The molecule has 1 amide bonds. The van der Waals surface area contributed by atoms with E-state index in [4.69, 9.17) is 9.47 Å². The summed E-state index contributed by atoms with van der Waals surface area (Å²) in [4.78, 5) is 34.2. The third-order valence-corrected chi connectivity index (χ3v) is 7.04. The number of fused-ring (bicyclic) bond motifs is 3. The third kappa shape index (κ3) is 4.52. The molecule has 10 heteroatoms. The fourth-order valence-corrected chi connectivity index (χ4v) is 5.42. The molecule has 0 atom stereocenters. The Hall–Kier alpha value is -3.56. The van der Waals surface area contributed by atoms with E-state index < -0.39 is 17.7 Å². The number of ether oxygens (including phenoxy) is 2. The van der Waals surface area contributed by atoms with Gasteiger partial charge in [0.05, 0.1) is 12.7 Å². The number of carboxylic acid groups (broad SMARTS) is 1. The molecule has 5 rings (SSSR count). The predicted molar refractivity (Wildman–Crippen MR) is 133 cm³/mol. The highest BCUT2D eigenvalue weighted by atomic mass is 19.1. The second kappa shape index (κ2) is 8.83. The van der Waals surface area contributed by atoms with E-state index in [-0.39, 0.29) is 17.8 Å². The van der Waals surface area contributed by atoms with Crippen LogP contribution in [0.25, 0.3) is 0 Å². The maximum atomic E-state index is 14.2. The number of benzene rings is 1. The smallest absolute Gasteiger partial charge is 0.415 e. The fourth-order valence-electron chi connectivity index (χ4n) is 5.42. The molecule has 1 aromatic heterocycles. The van der Waals surface area contributed by atoms with Gasteiger partial charge in [0, 0.05) is 36.8 Å². The Labute approximate surface area is 209 Å². The average molecular weight is 499 g/mol. The maximum Gasteiger partial charge on any atom is 0.415 e. The number of aliphatic carboxylic acids is 1. The van der Waals surface area contributed by atoms with Crippen molar-refractivity contribution in [2.75, 3.05) is 54.0 Å². The Morgan fingerprint density at radius 2 is 1.92 bits per heavy atom. The largest absolute Gasteiger partial charge is 0.489 e. The predicted octanol–water partition coefficient (Wildman–Crippen LogP) is 3.80. The zero-order valence-corrected chi connectivity index (χ0v) is 20.8. The quantitative estimate of drug-likeness (QED) is 0.683. The highest BCUT2D eigenvalue weighted by Crippen LogP contribution is 2.48. The van der Waals surface area contributed by atoms with Gasteiger partial charge >= 0.3 is 12.1 Å². The van der Waals surface area contributed by atoms with Gasteiger partial charge in [-0.05, 0) is 57.4 Å². The second-order valence-corrected chi connectivity index (χ2v) is 10.7. The topological polar surface area (TPSA) is 95.4 Å². The molecule has 9 nitrogen and oxygen atoms in total. The molecule has 192 valence electrons. The average Bonchev–Trinajstić information content (AvgIpc) is 3.09. The molecule has 0 radical (unpaired) electrons. The fraction of sp³-hybridized carbons (Fsp3) is 0.500. The highest BCUT2D eigenvalue weighted by molar-refractivity contribution is 5.90. The zero-order valence-electron chi connectivity index (χ0n) is 20.8. The van der Waals surface area contributed by atoms with Crippen LogP contribution in [0.15, 0.2) is 30.5 Å². The Morgan fingerprint density at radius 1 is 1.17 bits per heavy atom. The normalized spacial score (nSPS) is 18.5. The van der Waals surface area contributed by atoms with Crippen molar-refractivity contribution in [2.45, 2.75) is 44.6 Å². The number of pyridine rings is 1. The van der Waals surface area contributed by atoms with Gasteiger partial charge < -0.3 is 24.4 Å². The lowest BCUT2D eigenvalue weighted by Gasteiger charge is -2.40. The first kappa shape index (κ1) is 24.1. The molecule has 36 heavy (non-hydrogen) atoms. The molecule has 1 N–H and O–H groups in total. The van der Waals surface area contributed by atoms with Crippen LogP contribution >= 0.6 is 0 Å². The number of carboxylic acids is 1. The molecule has 1 spiro atoms. The molecule has 0 aliphatic carbocycles. The van der Waals surface area contributed by atoms with Crippen LogP contribution in [0.1, 0.15) is 39.2 Å². The van der Waals surface area contributed by atoms with Gasteiger partial charge in [0.2, 0.25) is 0 Å². The minimum atomic E-state index is -0.904. The Morgan fingerprint density at radius 3 is 2.61 bits per heavy atom. The number of carbonyl (C=O) groups excluding carboxylic acids is 1. The standard InChI is InChI=1S/C26H31FN4O5/c1-25(2,3)36-24(34)31-10-11-35-21-13-22(28-14-20(21)31)29-8-6-26(7-9-29)16-30(15-23(32)33)19-5-4-17(27)12-18(19)26/h4-5,12-14H,6-11,15-16H2,1-3H3,(H,32,33). The second-order valence-electron chi connectivity index (χ2n) is 10.7. The van der Waals surface area contributed by atoms with E-state index in [1.54, 1.807) is 23.2 Å². The summed E-state index contributed by atoms with van der Waals surface area (Å²) in [6.45, 7) is 8.03. The maximum absolute atomic E-state index is 14.2. The number of rotatable bonds is 3. The lowest BCUT2D eigenvalue weighted by atomic mass is 9.74. The number of amides is 1. The van der Waals surface area contributed by atoms with Crippen LogP contribution in [0.5, 0.6) is 5.75 Å². The summed E-state index contributed by atoms with van der Waals surface area (Å²) in [5.74, 6) is 0.113. The van der Waals surface area contributed by atoms with Gasteiger partial charge in [-0.25, -0.2) is 14.2 Å². The lowest BCUT2D eigenvalue weighted by Crippen LogP contribution is -2.46. The summed E-state index contributed by atoms with van der Waals surface area (Å²) in [5, 5.41) is 9.36. The van der Waals surface area contributed by atoms with Crippen molar-refractivity contribution in [1.82, 2.24) is 4.98 Å². The van der Waals surface area contributed by atoms with Crippen molar-refractivity contribution in [2.24, 2.45) is 0 Å². The first-order chi connectivity index (χ1) is 17.0. The van der Waals surface area contributed by atoms with Crippen LogP contribution < -0.4 is 19.4 Å². The van der Waals surface area contributed by atoms with Crippen molar-refractivity contribution in [3.63, 3.8) is 0 Å². The minimum absolute atomic E-state index is 0.109. The summed E-state index contributed by atoms with van der Waals surface area (Å²) < 4.78 is 25.5. The van der Waals surface area contributed by atoms with Crippen molar-refractivity contribution >= 4 is 29.3 Å². The number of piperidine rings is 1. The summed E-state index contributed by atoms with van der Waals surface area (Å²) in [6.07, 6.45) is 2.69. The SMILES string of the molecule is CC(C)(C)OC(=O)N1CCOc2cc(N3CCC4(CC3)CN(CC(=O)O)c3ccc(F)cc34)ncc21. The van der Waals surface area contributed by atoms with Crippen LogP contribution in [0.3, 0.4) is 0 Å². The van der Waals surface area contributed by atoms with E-state index in [1.807, 2.05) is 31.7 Å². The Balaban J connectivity index is 1.33. The van der Waals surface area contributed by atoms with Crippen molar-refractivity contribution in [1.29, 1.82) is 0 Å². The van der Waals surface area contributed by atoms with E-state index in [1.165, 1.54) is 6.07 Å². The number of halogens is 1. The molecule has 1 aromatic carbocycles. The molecule has 2 aromatic rings. The summed E-state index contributed by atoms with van der Waals surface area (Å²) in [7, 11) is 0. The van der Waals surface area contributed by atoms with Gasteiger partial charge in [-0.3, -0.25) is 9.69 Å². The van der Waals surface area contributed by atoms with Gasteiger partial charge in [0.15, 0.2) is 0 Å². The van der Waals surface area contributed by atoms with E-state index in [0.717, 1.165) is 29.9 Å². The first-order valence-corrected chi connectivity index (χ1v) is 12.2. The summed E-state index contributed by atoms with van der Waals surface area (Å²) in [6, 6.07) is 6.49. The molecule has 4 heterocycles. The Bertz CT molecular complexity index is 1190. The van der Waals surface area contributed by atoms with Crippen molar-refractivity contribution in [3.8, 4) is 5.75 Å². The number of aromatic nitrogens is 1. The van der Waals surface area contributed by atoms with Gasteiger partial charge in [-0.2, -0.15) is 0 Å². The van der Waals surface area contributed by atoms with Crippen molar-refractivity contribution < 1.29 is 28.6 Å². The van der Waals surface area contributed by atoms with Crippen LogP contribution in [0.2, 0.25) is 0 Å². The van der Waals surface area contributed by atoms with E-state index in [9.17, 15) is 19.1 Å². The molecule has 3 aliphatic heterocycles. The summed E-state index contributed by atoms with van der Waals surface area (Å²) in [5.41, 5.74) is 1.36. The molecule has 1 saturated heterocycles. The summed E-state index contributed by atoms with van der Waals surface area (Å²) >= 11 is 0. The van der Waals surface area contributed by atoms with Crippen LogP contribution in [0.4, 0.5) is 26.4 Å². The number of carbonyl (C=O) groups is 2. The van der Waals surface area contributed by atoms with Gasteiger partial charge in [-0.15, -0.1) is 0 Å². The molecule has 3 aliphatic rings. The molecule has 0 bridgehead atoms. The Kier molecular flexibility index (Phi) is 5.92. The van der Waals surface area contributed by atoms with Gasteiger partial charge in [0.1, 0.15) is 41.8 Å². The zero-order chi connectivity index (χ0) is 25.7. The number of nitrogens with zero attached hydrogens (tertiary/aromatic N) is 4. The van der Waals surface area contributed by atoms with Gasteiger partial charge in [-0.1, -0.05) is 0 Å². The highest BCUT2D eigenvalue weighted by Gasteiger charge is 2.45. The first-order valence-electron chi connectivity index (χ1n) is 12.2. The van der Waals surface area contributed by atoms with Crippen LogP contribution in [-0.4, -0.2) is 67.1 Å². The van der Waals surface area contributed by atoms with Crippen LogP contribution in [-0.2, 0) is 14.9 Å². The van der Waals surface area contributed by atoms with E-state index in [2.05, 4.69) is 9.88 Å². The molecular formula is C26H31FN4O5. The third-order valence-electron chi connectivity index (χ3n) is 7.04. The molecular weight excluding hydrogens is 467 g/mol. The van der Waals surface area contributed by atoms with E-state index >= 15 is 0 Å². The number of anilines is 3. The molecule has 0 unspecified atom stereocenters. The minimum Gasteiger partial charge on any atom is -0.489 e. The lowest BCUT2D eigenvalue weighted by molar-refractivity contribution is -0.135. The molecule has 1 fully saturated rings. The number of hydrogen-bond acceptors (Lipinski definition) is 7.